The zero-order chi connectivity index (χ0) is 20.7. The van der Waals surface area contributed by atoms with Gasteiger partial charge in [0.05, 0.1) is 11.4 Å². The second kappa shape index (κ2) is 9.50. The van der Waals surface area contributed by atoms with Crippen LogP contribution in [0, 0.1) is 6.92 Å². The van der Waals surface area contributed by atoms with Crippen LogP contribution in [0.15, 0.2) is 64.5 Å². The number of aryl methyl sites for hydroxylation is 1. The van der Waals surface area contributed by atoms with Gasteiger partial charge in [-0.2, -0.15) is 0 Å². The minimum atomic E-state index is -0.985. The lowest BCUT2D eigenvalue weighted by atomic mass is 10.1. The highest BCUT2D eigenvalue weighted by atomic mass is 16.4. The van der Waals surface area contributed by atoms with Crippen molar-refractivity contribution in [2.75, 3.05) is 5.32 Å². The van der Waals surface area contributed by atoms with Crippen LogP contribution in [0.1, 0.15) is 43.2 Å². The van der Waals surface area contributed by atoms with Crippen molar-refractivity contribution < 1.29 is 9.90 Å². The number of carboxylic acid groups (broad SMARTS) is 1. The van der Waals surface area contributed by atoms with E-state index in [0.29, 0.717) is 11.5 Å². The van der Waals surface area contributed by atoms with Gasteiger partial charge < -0.3 is 15.4 Å². The summed E-state index contributed by atoms with van der Waals surface area (Å²) in [5.74, 6) is -0.520. The summed E-state index contributed by atoms with van der Waals surface area (Å²) >= 11 is 0. The van der Waals surface area contributed by atoms with Crippen LogP contribution >= 0.6 is 0 Å². The van der Waals surface area contributed by atoms with Crippen LogP contribution in [0.3, 0.4) is 0 Å². The Morgan fingerprint density at radius 3 is 2.68 bits per heavy atom. The molecule has 0 spiro atoms. The molecule has 0 saturated heterocycles. The molecule has 0 aliphatic carbocycles. The number of hydrogen-bond donors (Lipinski definition) is 3. The van der Waals surface area contributed by atoms with E-state index in [9.17, 15) is 9.90 Å². The first kappa shape index (κ1) is 20.9. The Hall–Kier alpha value is -3.41. The highest BCUT2D eigenvalue weighted by Gasteiger charge is 2.10. The molecular weight excluding hydrogens is 352 g/mol. The van der Waals surface area contributed by atoms with Gasteiger partial charge in [0, 0.05) is 22.8 Å². The van der Waals surface area contributed by atoms with E-state index < -0.39 is 5.97 Å². The third-order valence-corrected chi connectivity index (χ3v) is 3.97. The number of aromatic nitrogens is 1. The van der Waals surface area contributed by atoms with E-state index in [2.05, 4.69) is 26.9 Å². The maximum Gasteiger partial charge on any atom is 0.352 e. The number of H-pyrrole nitrogens is 1. The highest BCUT2D eigenvalue weighted by molar-refractivity contribution is 6.09. The number of fused-ring (bicyclic) bond motifs is 1. The number of nitrogens with one attached hydrogen (secondary N) is 2. The molecule has 6 heteroatoms. The number of anilines is 1. The lowest BCUT2D eigenvalue weighted by Gasteiger charge is -2.09. The molecule has 0 amide bonds. The lowest BCUT2D eigenvalue weighted by molar-refractivity contribution is 0.0691. The number of allylic oxidation sites excluding steroid dienone is 3. The topological polar surface area (TPSA) is 89.8 Å². The van der Waals surface area contributed by atoms with Crippen molar-refractivity contribution in [3.8, 4) is 0 Å². The number of hydrogen-bond acceptors (Lipinski definition) is 4. The lowest BCUT2D eigenvalue weighted by Crippen LogP contribution is -2.03. The molecule has 1 heterocycles. The summed E-state index contributed by atoms with van der Waals surface area (Å²) in [6, 6.07) is 5.41. The fraction of sp³-hybridized carbons (Fsp3) is 0.227. The summed E-state index contributed by atoms with van der Waals surface area (Å²) in [6.07, 6.45) is 8.37. The van der Waals surface area contributed by atoms with Gasteiger partial charge in [0.15, 0.2) is 0 Å². The van der Waals surface area contributed by atoms with Gasteiger partial charge in [-0.1, -0.05) is 25.7 Å². The number of carbonyl (C=O) groups is 1. The Labute approximate surface area is 165 Å². The molecule has 2 aromatic rings. The minimum absolute atomic E-state index is 0.161. The van der Waals surface area contributed by atoms with Crippen molar-refractivity contribution in [1.82, 2.24) is 4.98 Å². The smallest absolute Gasteiger partial charge is 0.352 e. The number of nitrogens with zero attached hydrogens (tertiary/aromatic N) is 2. The first-order chi connectivity index (χ1) is 13.4. The number of rotatable bonds is 8. The monoisotopic (exact) mass is 378 g/mol. The molecule has 0 unspecified atom stereocenters. The van der Waals surface area contributed by atoms with Crippen LogP contribution in [0.4, 0.5) is 5.69 Å². The Kier molecular flexibility index (Phi) is 7.09. The normalized spacial score (nSPS) is 13.0. The molecule has 0 aliphatic heterocycles. The van der Waals surface area contributed by atoms with Gasteiger partial charge in [-0.15, -0.1) is 0 Å². The van der Waals surface area contributed by atoms with E-state index in [1.165, 1.54) is 0 Å². The summed E-state index contributed by atoms with van der Waals surface area (Å²) in [4.78, 5) is 23.1. The number of aliphatic imine (C=N–C) groups is 2. The van der Waals surface area contributed by atoms with Crippen LogP contribution in [-0.2, 0) is 0 Å². The average Bonchev–Trinajstić information content (AvgIpc) is 3.07. The number of carboxylic acids is 1. The minimum Gasteiger partial charge on any atom is -0.477 e. The largest absolute Gasteiger partial charge is 0.477 e. The van der Waals surface area contributed by atoms with Crippen molar-refractivity contribution >= 4 is 34.5 Å². The average molecular weight is 378 g/mol. The Morgan fingerprint density at radius 2 is 2.07 bits per heavy atom. The Bertz CT molecular complexity index is 1010. The maximum atomic E-state index is 11.2. The molecule has 0 saturated carbocycles. The number of aromatic amines is 1. The van der Waals surface area contributed by atoms with Gasteiger partial charge in [0.1, 0.15) is 11.5 Å². The van der Waals surface area contributed by atoms with Crippen LogP contribution < -0.4 is 5.32 Å². The molecule has 146 valence electrons. The van der Waals surface area contributed by atoms with Crippen molar-refractivity contribution in [2.24, 2.45) is 9.98 Å². The Morgan fingerprint density at radius 1 is 1.32 bits per heavy atom. The second-order valence-electron chi connectivity index (χ2n) is 6.21. The summed E-state index contributed by atoms with van der Waals surface area (Å²) < 4.78 is 0. The molecule has 3 N–H and O–H groups in total. The number of benzene rings is 1. The fourth-order valence-electron chi connectivity index (χ4n) is 2.77. The molecule has 0 aliphatic rings. The van der Waals surface area contributed by atoms with E-state index >= 15 is 0 Å². The third-order valence-electron chi connectivity index (χ3n) is 3.97. The molecule has 2 rings (SSSR count). The van der Waals surface area contributed by atoms with Crippen molar-refractivity contribution in [3.05, 3.63) is 65.8 Å². The molecule has 1 aromatic carbocycles. The van der Waals surface area contributed by atoms with Crippen molar-refractivity contribution in [1.29, 1.82) is 0 Å². The Balaban J connectivity index is 2.32. The maximum absolute atomic E-state index is 11.2. The van der Waals surface area contributed by atoms with Crippen molar-refractivity contribution in [2.45, 2.75) is 34.1 Å². The first-order valence-corrected chi connectivity index (χ1v) is 9.12. The fourth-order valence-corrected chi connectivity index (χ4v) is 2.77. The van der Waals surface area contributed by atoms with E-state index in [1.54, 1.807) is 6.07 Å². The first-order valence-electron chi connectivity index (χ1n) is 9.12. The number of aromatic carboxylic acids is 1. The van der Waals surface area contributed by atoms with E-state index in [-0.39, 0.29) is 5.69 Å². The predicted molar refractivity (Wildman–Crippen MR) is 118 cm³/mol. The zero-order valence-corrected chi connectivity index (χ0v) is 16.7. The standard InChI is InChI=1S/C22H26N4O2/c1-6-9-19(18(8-3)23-10-7-2)25-15(5)24-17-11-14(4)21-16(12-17)13-20(26-21)22(27)28/h6,8-13,24,26H,5,7H2,1-4H3,(H,27,28)/b9-6-,18-8-,23-10?,25-19+. The van der Waals surface area contributed by atoms with Crippen LogP contribution in [0.25, 0.3) is 10.9 Å². The van der Waals surface area contributed by atoms with E-state index in [4.69, 9.17) is 0 Å². The van der Waals surface area contributed by atoms with Crippen LogP contribution in [-0.4, -0.2) is 28.0 Å². The molecule has 0 bridgehead atoms. The van der Waals surface area contributed by atoms with Gasteiger partial charge in [0.25, 0.3) is 0 Å². The molecular formula is C22H26N4O2. The van der Waals surface area contributed by atoms with Gasteiger partial charge in [-0.3, -0.25) is 4.99 Å². The summed E-state index contributed by atoms with van der Waals surface area (Å²) in [5.41, 5.74) is 4.16. The van der Waals surface area contributed by atoms with Crippen LogP contribution in [0.2, 0.25) is 0 Å². The summed E-state index contributed by atoms with van der Waals surface area (Å²) in [5, 5.41) is 13.2. The molecule has 0 fully saturated rings. The molecule has 0 radical (unpaired) electrons. The van der Waals surface area contributed by atoms with E-state index in [0.717, 1.165) is 34.3 Å². The molecule has 1 aromatic heterocycles. The zero-order valence-electron chi connectivity index (χ0n) is 16.7. The van der Waals surface area contributed by atoms with E-state index in [1.807, 2.05) is 64.3 Å². The second-order valence-corrected chi connectivity index (χ2v) is 6.21. The quantitative estimate of drug-likeness (QED) is 0.533. The van der Waals surface area contributed by atoms with Gasteiger partial charge in [-0.05, 0) is 57.0 Å². The SMILES string of the molecule is C=C(/N=C(\C=C/C)C(=C/C)/N=CCC)Nc1cc(C)c2[nH]c(C(=O)O)cc2c1. The van der Waals surface area contributed by atoms with Gasteiger partial charge in [0.2, 0.25) is 0 Å². The molecule has 6 nitrogen and oxygen atoms in total. The molecule has 28 heavy (non-hydrogen) atoms. The summed E-state index contributed by atoms with van der Waals surface area (Å²) in [7, 11) is 0. The highest BCUT2D eigenvalue weighted by Crippen LogP contribution is 2.25. The van der Waals surface area contributed by atoms with Crippen molar-refractivity contribution in [3.63, 3.8) is 0 Å². The van der Waals surface area contributed by atoms with Gasteiger partial charge in [-0.25, -0.2) is 9.79 Å². The summed E-state index contributed by atoms with van der Waals surface area (Å²) in [6.45, 7) is 11.8. The molecule has 0 atom stereocenters. The van der Waals surface area contributed by atoms with Gasteiger partial charge >= 0.3 is 5.97 Å². The predicted octanol–water partition coefficient (Wildman–Crippen LogP) is 5.46. The van der Waals surface area contributed by atoms with Crippen LogP contribution in [0.5, 0.6) is 0 Å². The third kappa shape index (κ3) is 5.07.